The highest BCUT2D eigenvalue weighted by atomic mass is 16.5. The Hall–Kier alpha value is -1.61. The van der Waals surface area contributed by atoms with Crippen molar-refractivity contribution < 1.29 is 4.52 Å². The van der Waals surface area contributed by atoms with E-state index in [2.05, 4.69) is 41.7 Å². The number of nitrogens with one attached hydrogen (secondary N) is 1. The molecule has 1 aromatic carbocycles. The van der Waals surface area contributed by atoms with Gasteiger partial charge in [-0.1, -0.05) is 35.0 Å². The second-order valence-electron chi connectivity index (χ2n) is 3.57. The minimum atomic E-state index is 0.707. The lowest BCUT2D eigenvalue weighted by Crippen LogP contribution is -2.03. The molecule has 0 saturated heterocycles. The SMILES string of the molecule is CNCc1cc(-c2ccc(C)cc2)no1. The third kappa shape index (κ3) is 2.25. The Morgan fingerprint density at radius 3 is 2.67 bits per heavy atom. The van der Waals surface area contributed by atoms with Crippen molar-refractivity contribution in [3.63, 3.8) is 0 Å². The molecule has 15 heavy (non-hydrogen) atoms. The van der Waals surface area contributed by atoms with Crippen LogP contribution < -0.4 is 5.32 Å². The Bertz CT molecular complexity index is 431. The van der Waals surface area contributed by atoms with E-state index in [0.29, 0.717) is 6.54 Å². The van der Waals surface area contributed by atoms with Crippen LogP contribution >= 0.6 is 0 Å². The highest BCUT2D eigenvalue weighted by molar-refractivity contribution is 5.59. The zero-order chi connectivity index (χ0) is 10.7. The second-order valence-corrected chi connectivity index (χ2v) is 3.57. The van der Waals surface area contributed by atoms with E-state index in [0.717, 1.165) is 17.0 Å². The normalized spacial score (nSPS) is 10.5. The third-order valence-electron chi connectivity index (χ3n) is 2.26. The van der Waals surface area contributed by atoms with Crippen molar-refractivity contribution in [2.45, 2.75) is 13.5 Å². The van der Waals surface area contributed by atoms with Gasteiger partial charge in [-0.2, -0.15) is 0 Å². The fraction of sp³-hybridized carbons (Fsp3) is 0.250. The number of benzene rings is 1. The Morgan fingerprint density at radius 2 is 2.00 bits per heavy atom. The molecule has 0 amide bonds. The summed E-state index contributed by atoms with van der Waals surface area (Å²) in [5.41, 5.74) is 3.23. The van der Waals surface area contributed by atoms with Gasteiger partial charge >= 0.3 is 0 Å². The largest absolute Gasteiger partial charge is 0.359 e. The van der Waals surface area contributed by atoms with Gasteiger partial charge in [-0.15, -0.1) is 0 Å². The van der Waals surface area contributed by atoms with Crippen molar-refractivity contribution in [3.05, 3.63) is 41.7 Å². The Balaban J connectivity index is 2.25. The van der Waals surface area contributed by atoms with E-state index in [9.17, 15) is 0 Å². The van der Waals surface area contributed by atoms with Crippen molar-refractivity contribution in [2.24, 2.45) is 0 Å². The summed E-state index contributed by atoms with van der Waals surface area (Å²) in [7, 11) is 1.88. The zero-order valence-corrected chi connectivity index (χ0v) is 8.95. The van der Waals surface area contributed by atoms with E-state index in [1.54, 1.807) is 0 Å². The molecule has 0 radical (unpaired) electrons. The van der Waals surface area contributed by atoms with Crippen LogP contribution in [0.15, 0.2) is 34.9 Å². The average Bonchev–Trinajstić information content (AvgIpc) is 2.68. The van der Waals surface area contributed by atoms with Gasteiger partial charge in [0.05, 0.1) is 6.54 Å². The minimum absolute atomic E-state index is 0.707. The van der Waals surface area contributed by atoms with Crippen molar-refractivity contribution in [1.82, 2.24) is 10.5 Å². The molecule has 0 bridgehead atoms. The van der Waals surface area contributed by atoms with Gasteiger partial charge in [0, 0.05) is 11.6 Å². The summed E-state index contributed by atoms with van der Waals surface area (Å²) in [4.78, 5) is 0. The Kier molecular flexibility index (Phi) is 2.83. The fourth-order valence-corrected chi connectivity index (χ4v) is 1.43. The van der Waals surface area contributed by atoms with Crippen LogP contribution in [0.25, 0.3) is 11.3 Å². The highest BCUT2D eigenvalue weighted by Crippen LogP contribution is 2.19. The van der Waals surface area contributed by atoms with Crippen LogP contribution in [0.1, 0.15) is 11.3 Å². The summed E-state index contributed by atoms with van der Waals surface area (Å²) in [6.45, 7) is 2.78. The van der Waals surface area contributed by atoms with E-state index >= 15 is 0 Å². The van der Waals surface area contributed by atoms with Crippen LogP contribution in [0.4, 0.5) is 0 Å². The van der Waals surface area contributed by atoms with Gasteiger partial charge < -0.3 is 9.84 Å². The molecule has 0 fully saturated rings. The monoisotopic (exact) mass is 202 g/mol. The molecule has 0 aliphatic heterocycles. The van der Waals surface area contributed by atoms with Crippen molar-refractivity contribution >= 4 is 0 Å². The predicted octanol–water partition coefficient (Wildman–Crippen LogP) is 2.37. The summed E-state index contributed by atoms with van der Waals surface area (Å²) >= 11 is 0. The van der Waals surface area contributed by atoms with Gasteiger partial charge in [0.1, 0.15) is 5.69 Å². The molecule has 0 aliphatic carbocycles. The zero-order valence-electron chi connectivity index (χ0n) is 8.95. The Labute approximate surface area is 89.1 Å². The summed E-state index contributed by atoms with van der Waals surface area (Å²) in [6.07, 6.45) is 0. The summed E-state index contributed by atoms with van der Waals surface area (Å²) in [5, 5.41) is 7.04. The number of rotatable bonds is 3. The number of nitrogens with zero attached hydrogens (tertiary/aromatic N) is 1. The van der Waals surface area contributed by atoms with Gasteiger partial charge in [0.2, 0.25) is 0 Å². The van der Waals surface area contributed by atoms with E-state index in [-0.39, 0.29) is 0 Å². The van der Waals surface area contributed by atoms with Crippen molar-refractivity contribution in [2.75, 3.05) is 7.05 Å². The molecule has 78 valence electrons. The lowest BCUT2D eigenvalue weighted by atomic mass is 10.1. The van der Waals surface area contributed by atoms with Gasteiger partial charge in [0.15, 0.2) is 5.76 Å². The predicted molar refractivity (Wildman–Crippen MR) is 59.4 cm³/mol. The molecular weight excluding hydrogens is 188 g/mol. The fourth-order valence-electron chi connectivity index (χ4n) is 1.43. The van der Waals surface area contributed by atoms with Crippen molar-refractivity contribution in [1.29, 1.82) is 0 Å². The lowest BCUT2D eigenvalue weighted by molar-refractivity contribution is 0.379. The number of hydrogen-bond donors (Lipinski definition) is 1. The standard InChI is InChI=1S/C12H14N2O/c1-9-3-5-10(6-4-9)12-7-11(8-13-2)15-14-12/h3-7,13H,8H2,1-2H3. The molecule has 3 nitrogen and oxygen atoms in total. The smallest absolute Gasteiger partial charge is 0.151 e. The molecule has 2 rings (SSSR count). The van der Waals surface area contributed by atoms with Crippen LogP contribution in [0.2, 0.25) is 0 Å². The maximum atomic E-state index is 5.18. The number of hydrogen-bond acceptors (Lipinski definition) is 3. The van der Waals surface area contributed by atoms with E-state index in [1.807, 2.05) is 13.1 Å². The molecule has 1 N–H and O–H groups in total. The molecule has 1 heterocycles. The quantitative estimate of drug-likeness (QED) is 0.830. The van der Waals surface area contributed by atoms with Gasteiger partial charge in [-0.3, -0.25) is 0 Å². The molecule has 0 spiro atoms. The lowest BCUT2D eigenvalue weighted by Gasteiger charge is -1.95. The van der Waals surface area contributed by atoms with Crippen LogP contribution in [-0.4, -0.2) is 12.2 Å². The first-order valence-electron chi connectivity index (χ1n) is 4.97. The number of aryl methyl sites for hydroxylation is 1. The maximum Gasteiger partial charge on any atom is 0.151 e. The molecule has 1 aromatic heterocycles. The van der Waals surface area contributed by atoms with Crippen LogP contribution in [0.5, 0.6) is 0 Å². The first kappa shape index (κ1) is 9.93. The molecular formula is C12H14N2O. The van der Waals surface area contributed by atoms with Crippen LogP contribution in [0.3, 0.4) is 0 Å². The topological polar surface area (TPSA) is 38.1 Å². The van der Waals surface area contributed by atoms with E-state index < -0.39 is 0 Å². The average molecular weight is 202 g/mol. The van der Waals surface area contributed by atoms with Gasteiger partial charge in [0.25, 0.3) is 0 Å². The number of aromatic nitrogens is 1. The third-order valence-corrected chi connectivity index (χ3v) is 2.26. The minimum Gasteiger partial charge on any atom is -0.359 e. The maximum absolute atomic E-state index is 5.18. The van der Waals surface area contributed by atoms with E-state index in [1.165, 1.54) is 5.56 Å². The molecule has 0 aliphatic rings. The molecule has 3 heteroatoms. The summed E-state index contributed by atoms with van der Waals surface area (Å²) < 4.78 is 5.18. The molecule has 0 unspecified atom stereocenters. The summed E-state index contributed by atoms with van der Waals surface area (Å²) in [5.74, 6) is 0.855. The second kappa shape index (κ2) is 4.28. The van der Waals surface area contributed by atoms with Crippen LogP contribution in [0, 0.1) is 6.92 Å². The summed E-state index contributed by atoms with van der Waals surface area (Å²) in [6, 6.07) is 10.2. The van der Waals surface area contributed by atoms with Crippen molar-refractivity contribution in [3.8, 4) is 11.3 Å². The molecule has 2 aromatic rings. The van der Waals surface area contributed by atoms with Crippen LogP contribution in [-0.2, 0) is 6.54 Å². The first-order valence-corrected chi connectivity index (χ1v) is 4.97. The highest BCUT2D eigenvalue weighted by Gasteiger charge is 2.04. The molecule has 0 atom stereocenters. The Morgan fingerprint density at radius 1 is 1.27 bits per heavy atom. The molecule has 0 saturated carbocycles. The van der Waals surface area contributed by atoms with Gasteiger partial charge in [-0.05, 0) is 14.0 Å². The first-order chi connectivity index (χ1) is 7.29. The van der Waals surface area contributed by atoms with Gasteiger partial charge in [-0.25, -0.2) is 0 Å². The van der Waals surface area contributed by atoms with E-state index in [4.69, 9.17) is 4.52 Å².